The van der Waals surface area contributed by atoms with E-state index in [0.29, 0.717) is 12.0 Å². The highest BCUT2D eigenvalue weighted by atomic mass is 19.1. The van der Waals surface area contributed by atoms with Gasteiger partial charge in [-0.05, 0) is 31.4 Å². The van der Waals surface area contributed by atoms with Crippen molar-refractivity contribution in [1.82, 2.24) is 0 Å². The molecule has 0 radical (unpaired) electrons. The lowest BCUT2D eigenvalue weighted by atomic mass is 10.0. The van der Waals surface area contributed by atoms with Gasteiger partial charge in [0, 0.05) is 13.1 Å². The molecular formula is C13H21FN2. The van der Waals surface area contributed by atoms with Crippen LogP contribution >= 0.6 is 0 Å². The molecule has 0 aliphatic rings. The predicted molar refractivity (Wildman–Crippen MR) is 68.1 cm³/mol. The summed E-state index contributed by atoms with van der Waals surface area (Å²) in [7, 11) is 1.96. The molecule has 0 bridgehead atoms. The van der Waals surface area contributed by atoms with Gasteiger partial charge in [0.1, 0.15) is 5.82 Å². The van der Waals surface area contributed by atoms with E-state index < -0.39 is 0 Å². The Morgan fingerprint density at radius 1 is 1.31 bits per heavy atom. The molecule has 1 rings (SSSR count). The lowest BCUT2D eigenvalue weighted by Gasteiger charge is -2.29. The van der Waals surface area contributed by atoms with Crippen LogP contribution in [0.5, 0.6) is 0 Å². The van der Waals surface area contributed by atoms with Crippen LogP contribution in [0.2, 0.25) is 0 Å². The summed E-state index contributed by atoms with van der Waals surface area (Å²) < 4.78 is 13.3. The smallest absolute Gasteiger partial charge is 0.148 e. The van der Waals surface area contributed by atoms with Gasteiger partial charge in [0.05, 0.1) is 11.4 Å². The first-order valence-corrected chi connectivity index (χ1v) is 5.70. The molecule has 2 nitrogen and oxygen atoms in total. The van der Waals surface area contributed by atoms with E-state index in [2.05, 4.69) is 20.8 Å². The fourth-order valence-electron chi connectivity index (χ4n) is 1.91. The lowest BCUT2D eigenvalue weighted by Crippen LogP contribution is -2.30. The highest BCUT2D eigenvalue weighted by molar-refractivity contribution is 5.68. The third-order valence-electron chi connectivity index (χ3n) is 2.88. The monoisotopic (exact) mass is 224 g/mol. The summed E-state index contributed by atoms with van der Waals surface area (Å²) in [5, 5.41) is 0. The zero-order valence-electron chi connectivity index (χ0n) is 10.5. The molecule has 0 heterocycles. The fourth-order valence-corrected chi connectivity index (χ4v) is 1.91. The molecule has 0 spiro atoms. The third-order valence-corrected chi connectivity index (χ3v) is 2.88. The van der Waals surface area contributed by atoms with Crippen LogP contribution in [-0.2, 0) is 0 Å². The molecule has 0 saturated heterocycles. The summed E-state index contributed by atoms with van der Waals surface area (Å²) in [5.41, 5.74) is 6.74. The van der Waals surface area contributed by atoms with Gasteiger partial charge < -0.3 is 10.6 Å². The van der Waals surface area contributed by atoms with Gasteiger partial charge in [-0.1, -0.05) is 19.9 Å². The molecule has 1 atom stereocenters. The van der Waals surface area contributed by atoms with E-state index in [9.17, 15) is 4.39 Å². The van der Waals surface area contributed by atoms with Crippen molar-refractivity contribution < 1.29 is 4.39 Å². The number of nitrogens with zero attached hydrogens (tertiary/aromatic N) is 1. The number of nitrogens with two attached hydrogens (primary N) is 1. The van der Waals surface area contributed by atoms with Gasteiger partial charge in [-0.3, -0.25) is 0 Å². The summed E-state index contributed by atoms with van der Waals surface area (Å²) in [6.07, 6.45) is 1.06. The van der Waals surface area contributed by atoms with Crippen molar-refractivity contribution in [3.8, 4) is 0 Å². The number of halogens is 1. The van der Waals surface area contributed by atoms with Crippen LogP contribution in [0.1, 0.15) is 27.2 Å². The van der Waals surface area contributed by atoms with E-state index in [4.69, 9.17) is 5.73 Å². The second-order valence-electron chi connectivity index (χ2n) is 4.76. The first-order chi connectivity index (χ1) is 7.43. The number of rotatable bonds is 4. The Bertz CT molecular complexity index is 350. The highest BCUT2D eigenvalue weighted by Gasteiger charge is 2.15. The molecule has 0 fully saturated rings. The van der Waals surface area contributed by atoms with Gasteiger partial charge in [-0.15, -0.1) is 0 Å². The quantitative estimate of drug-likeness (QED) is 0.795. The zero-order chi connectivity index (χ0) is 12.3. The Balaban J connectivity index is 2.87. The van der Waals surface area contributed by atoms with Crippen LogP contribution in [0.3, 0.4) is 0 Å². The average Bonchev–Trinajstić information content (AvgIpc) is 2.20. The van der Waals surface area contributed by atoms with Crippen molar-refractivity contribution in [1.29, 1.82) is 0 Å². The minimum absolute atomic E-state index is 0.237. The molecule has 90 valence electrons. The minimum Gasteiger partial charge on any atom is -0.395 e. The van der Waals surface area contributed by atoms with Crippen molar-refractivity contribution in [3.63, 3.8) is 0 Å². The third kappa shape index (κ3) is 2.87. The van der Waals surface area contributed by atoms with Gasteiger partial charge in [-0.2, -0.15) is 0 Å². The number of para-hydroxylation sites is 1. The Morgan fingerprint density at radius 2 is 1.94 bits per heavy atom. The summed E-state index contributed by atoms with van der Waals surface area (Å²) in [6, 6.07) is 5.29. The van der Waals surface area contributed by atoms with E-state index >= 15 is 0 Å². The number of hydrogen-bond acceptors (Lipinski definition) is 2. The lowest BCUT2D eigenvalue weighted by molar-refractivity contribution is 0.504. The molecule has 16 heavy (non-hydrogen) atoms. The summed E-state index contributed by atoms with van der Waals surface area (Å²) >= 11 is 0. The second-order valence-corrected chi connectivity index (χ2v) is 4.76. The predicted octanol–water partition coefficient (Wildman–Crippen LogP) is 3.28. The van der Waals surface area contributed by atoms with Gasteiger partial charge >= 0.3 is 0 Å². The van der Waals surface area contributed by atoms with Crippen molar-refractivity contribution in [2.24, 2.45) is 5.92 Å². The Hall–Kier alpha value is -1.25. The fraction of sp³-hybridized carbons (Fsp3) is 0.538. The van der Waals surface area contributed by atoms with Crippen molar-refractivity contribution >= 4 is 11.4 Å². The van der Waals surface area contributed by atoms with Gasteiger partial charge in [0.15, 0.2) is 0 Å². The maximum atomic E-state index is 13.3. The normalized spacial score (nSPS) is 12.9. The van der Waals surface area contributed by atoms with E-state index in [1.165, 1.54) is 6.07 Å². The molecule has 0 aliphatic heterocycles. The Labute approximate surface area is 97.3 Å². The van der Waals surface area contributed by atoms with Gasteiger partial charge in [0.2, 0.25) is 0 Å². The first kappa shape index (κ1) is 12.8. The van der Waals surface area contributed by atoms with Gasteiger partial charge in [0.25, 0.3) is 0 Å². The zero-order valence-corrected chi connectivity index (χ0v) is 10.5. The van der Waals surface area contributed by atoms with Crippen molar-refractivity contribution in [2.75, 3.05) is 17.7 Å². The number of nitrogen functional groups attached to an aromatic ring is 1. The molecule has 0 saturated carbocycles. The molecule has 1 aromatic carbocycles. The number of hydrogen-bond donors (Lipinski definition) is 1. The van der Waals surface area contributed by atoms with Crippen molar-refractivity contribution in [2.45, 2.75) is 33.2 Å². The maximum Gasteiger partial charge on any atom is 0.148 e. The summed E-state index contributed by atoms with van der Waals surface area (Å²) in [5.74, 6) is 0.272. The molecule has 0 aliphatic carbocycles. The summed E-state index contributed by atoms with van der Waals surface area (Å²) in [6.45, 7) is 6.49. The molecular weight excluding hydrogens is 203 g/mol. The SMILES string of the molecule is CC(C)CC(C)N(C)c1cccc(F)c1N. The first-order valence-electron chi connectivity index (χ1n) is 5.70. The van der Waals surface area contributed by atoms with E-state index in [0.717, 1.165) is 12.1 Å². The molecule has 0 aromatic heterocycles. The standard InChI is InChI=1S/C13H21FN2/c1-9(2)8-10(3)16(4)12-7-5-6-11(14)13(12)15/h5-7,9-10H,8,15H2,1-4H3. The van der Waals surface area contributed by atoms with Crippen LogP contribution in [0, 0.1) is 11.7 Å². The highest BCUT2D eigenvalue weighted by Crippen LogP contribution is 2.27. The van der Waals surface area contributed by atoms with Crippen LogP contribution in [0.4, 0.5) is 15.8 Å². The number of benzene rings is 1. The Morgan fingerprint density at radius 3 is 2.50 bits per heavy atom. The van der Waals surface area contributed by atoms with Crippen LogP contribution in [0.15, 0.2) is 18.2 Å². The van der Waals surface area contributed by atoms with E-state index in [1.54, 1.807) is 6.07 Å². The van der Waals surface area contributed by atoms with Crippen LogP contribution in [0.25, 0.3) is 0 Å². The van der Waals surface area contributed by atoms with Crippen LogP contribution in [-0.4, -0.2) is 13.1 Å². The largest absolute Gasteiger partial charge is 0.395 e. The molecule has 1 aromatic rings. The second kappa shape index (κ2) is 5.19. The van der Waals surface area contributed by atoms with Crippen LogP contribution < -0.4 is 10.6 Å². The summed E-state index contributed by atoms with van der Waals surface area (Å²) in [4.78, 5) is 2.04. The topological polar surface area (TPSA) is 29.3 Å². The Kier molecular flexibility index (Phi) is 4.16. The molecule has 1 unspecified atom stereocenters. The maximum absolute atomic E-state index is 13.3. The number of anilines is 2. The minimum atomic E-state index is -0.346. The molecule has 0 amide bonds. The molecule has 3 heteroatoms. The average molecular weight is 224 g/mol. The van der Waals surface area contributed by atoms with Gasteiger partial charge in [-0.25, -0.2) is 4.39 Å². The van der Waals surface area contributed by atoms with Crippen molar-refractivity contribution in [3.05, 3.63) is 24.0 Å². The molecule has 2 N–H and O–H groups in total. The van der Waals surface area contributed by atoms with E-state index in [-0.39, 0.29) is 11.5 Å². The van der Waals surface area contributed by atoms with E-state index in [1.807, 2.05) is 18.0 Å².